The van der Waals surface area contributed by atoms with Gasteiger partial charge in [0.1, 0.15) is 4.60 Å². The molecule has 0 saturated carbocycles. The highest BCUT2D eigenvalue weighted by atomic mass is 79.9. The first-order chi connectivity index (χ1) is 7.61. The Kier molecular flexibility index (Phi) is 3.77. The number of aromatic nitrogens is 2. The molecule has 16 heavy (non-hydrogen) atoms. The van der Waals surface area contributed by atoms with Crippen LogP contribution in [0.3, 0.4) is 0 Å². The molecule has 2 aromatic rings. The molecule has 0 saturated heterocycles. The van der Waals surface area contributed by atoms with Crippen LogP contribution in [0.5, 0.6) is 0 Å². The monoisotopic (exact) mass is 360 g/mol. The van der Waals surface area contributed by atoms with Crippen molar-refractivity contribution in [3.05, 3.63) is 31.8 Å². The molecule has 0 atom stereocenters. The topological polar surface area (TPSA) is 25.8 Å². The predicted octanol–water partition coefficient (Wildman–Crippen LogP) is 4.60. The molecule has 2 aromatic heterocycles. The zero-order chi connectivity index (χ0) is 11.7. The Morgan fingerprint density at radius 1 is 1.31 bits per heavy atom. The fourth-order valence-electron chi connectivity index (χ4n) is 1.50. The average Bonchev–Trinajstić information content (AvgIpc) is 2.64. The van der Waals surface area contributed by atoms with E-state index in [0.717, 1.165) is 31.9 Å². The van der Waals surface area contributed by atoms with Gasteiger partial charge in [-0.15, -0.1) is 11.3 Å². The van der Waals surface area contributed by atoms with Gasteiger partial charge in [-0.05, 0) is 51.3 Å². The van der Waals surface area contributed by atoms with E-state index in [-0.39, 0.29) is 0 Å². The minimum atomic E-state index is 0.789. The predicted molar refractivity (Wildman–Crippen MR) is 74.9 cm³/mol. The van der Waals surface area contributed by atoms with Crippen LogP contribution >= 0.6 is 43.2 Å². The van der Waals surface area contributed by atoms with Crippen molar-refractivity contribution in [3.8, 4) is 10.7 Å². The van der Waals surface area contributed by atoms with Crippen molar-refractivity contribution in [1.29, 1.82) is 0 Å². The summed E-state index contributed by atoms with van der Waals surface area (Å²) in [5.41, 5.74) is 2.23. The van der Waals surface area contributed by atoms with Gasteiger partial charge in [0.05, 0.1) is 4.88 Å². The molecule has 0 aromatic carbocycles. The van der Waals surface area contributed by atoms with Crippen LogP contribution in [0.2, 0.25) is 0 Å². The molecule has 0 amide bonds. The standard InChI is InChI=1S/C11H10Br2N2S/c1-3-8-6(2)14-11(15-10(8)13)9-4-7(12)5-16-9/h4-5H,3H2,1-2H3. The molecule has 0 spiro atoms. The Morgan fingerprint density at radius 2 is 2.06 bits per heavy atom. The lowest BCUT2D eigenvalue weighted by Gasteiger charge is -2.06. The zero-order valence-electron chi connectivity index (χ0n) is 8.92. The normalized spacial score (nSPS) is 10.8. The number of rotatable bonds is 2. The van der Waals surface area contributed by atoms with Gasteiger partial charge in [0.25, 0.3) is 0 Å². The van der Waals surface area contributed by atoms with E-state index in [4.69, 9.17) is 0 Å². The van der Waals surface area contributed by atoms with Crippen LogP contribution < -0.4 is 0 Å². The molecular formula is C11H10Br2N2S. The number of aryl methyl sites for hydroxylation is 1. The SMILES string of the molecule is CCc1c(C)nc(-c2cc(Br)cs2)nc1Br. The van der Waals surface area contributed by atoms with Gasteiger partial charge in [-0.1, -0.05) is 6.92 Å². The van der Waals surface area contributed by atoms with Gasteiger partial charge in [0.15, 0.2) is 5.82 Å². The zero-order valence-corrected chi connectivity index (χ0v) is 12.9. The summed E-state index contributed by atoms with van der Waals surface area (Å²) in [6.45, 7) is 4.13. The Labute approximate surface area is 115 Å². The number of hydrogen-bond acceptors (Lipinski definition) is 3. The maximum absolute atomic E-state index is 4.54. The van der Waals surface area contributed by atoms with Crippen molar-refractivity contribution in [3.63, 3.8) is 0 Å². The Balaban J connectivity index is 2.52. The Hall–Kier alpha value is -0.260. The first-order valence-corrected chi connectivity index (χ1v) is 7.35. The van der Waals surface area contributed by atoms with Gasteiger partial charge >= 0.3 is 0 Å². The second-order valence-corrected chi connectivity index (χ2v) is 5.96. The number of nitrogens with zero attached hydrogens (tertiary/aromatic N) is 2. The van der Waals surface area contributed by atoms with Crippen molar-refractivity contribution in [2.24, 2.45) is 0 Å². The van der Waals surface area contributed by atoms with E-state index < -0.39 is 0 Å². The highest BCUT2D eigenvalue weighted by Gasteiger charge is 2.10. The lowest BCUT2D eigenvalue weighted by atomic mass is 10.2. The highest BCUT2D eigenvalue weighted by molar-refractivity contribution is 9.10. The lowest BCUT2D eigenvalue weighted by molar-refractivity contribution is 0.983. The molecule has 0 aliphatic rings. The Morgan fingerprint density at radius 3 is 2.56 bits per heavy atom. The van der Waals surface area contributed by atoms with Crippen LogP contribution in [-0.2, 0) is 6.42 Å². The molecule has 2 rings (SSSR count). The molecule has 0 fully saturated rings. The van der Waals surface area contributed by atoms with Gasteiger partial charge in [0, 0.05) is 21.1 Å². The summed E-state index contributed by atoms with van der Waals surface area (Å²) in [4.78, 5) is 10.1. The van der Waals surface area contributed by atoms with Gasteiger partial charge in [0.2, 0.25) is 0 Å². The Bertz CT molecular complexity index is 499. The molecule has 5 heteroatoms. The van der Waals surface area contributed by atoms with Crippen molar-refractivity contribution in [1.82, 2.24) is 9.97 Å². The van der Waals surface area contributed by atoms with Crippen LogP contribution in [0.15, 0.2) is 20.5 Å². The summed E-state index contributed by atoms with van der Waals surface area (Å²) >= 11 is 8.58. The minimum Gasteiger partial charge on any atom is -0.232 e. The van der Waals surface area contributed by atoms with Crippen LogP contribution in [-0.4, -0.2) is 9.97 Å². The van der Waals surface area contributed by atoms with E-state index in [1.54, 1.807) is 11.3 Å². The van der Waals surface area contributed by atoms with E-state index in [0.29, 0.717) is 0 Å². The van der Waals surface area contributed by atoms with E-state index in [1.165, 1.54) is 5.56 Å². The molecule has 0 unspecified atom stereocenters. The molecule has 2 nitrogen and oxygen atoms in total. The van der Waals surface area contributed by atoms with Crippen molar-refractivity contribution < 1.29 is 0 Å². The van der Waals surface area contributed by atoms with Gasteiger partial charge in [-0.2, -0.15) is 0 Å². The van der Waals surface area contributed by atoms with E-state index in [2.05, 4.69) is 48.8 Å². The maximum Gasteiger partial charge on any atom is 0.170 e. The van der Waals surface area contributed by atoms with Crippen LogP contribution in [0.1, 0.15) is 18.2 Å². The second kappa shape index (κ2) is 4.94. The fourth-order valence-corrected chi connectivity index (χ4v) is 3.60. The van der Waals surface area contributed by atoms with Gasteiger partial charge in [-0.25, -0.2) is 9.97 Å². The smallest absolute Gasteiger partial charge is 0.170 e. The molecule has 0 radical (unpaired) electrons. The quantitative estimate of drug-likeness (QED) is 0.730. The molecule has 0 aliphatic carbocycles. The van der Waals surface area contributed by atoms with Crippen molar-refractivity contribution in [2.45, 2.75) is 20.3 Å². The lowest BCUT2D eigenvalue weighted by Crippen LogP contribution is -1.98. The molecular weight excluding hydrogens is 352 g/mol. The number of hydrogen-bond donors (Lipinski definition) is 0. The molecule has 0 N–H and O–H groups in total. The van der Waals surface area contributed by atoms with Gasteiger partial charge < -0.3 is 0 Å². The van der Waals surface area contributed by atoms with Crippen LogP contribution in [0.4, 0.5) is 0 Å². The molecule has 0 aliphatic heterocycles. The summed E-state index contributed by atoms with van der Waals surface area (Å²) in [5, 5.41) is 2.04. The summed E-state index contributed by atoms with van der Waals surface area (Å²) in [6.07, 6.45) is 0.945. The van der Waals surface area contributed by atoms with Gasteiger partial charge in [-0.3, -0.25) is 0 Å². The van der Waals surface area contributed by atoms with E-state index in [9.17, 15) is 0 Å². The number of thiophene rings is 1. The van der Waals surface area contributed by atoms with E-state index in [1.807, 2.05) is 18.4 Å². The number of halogens is 2. The molecule has 0 bridgehead atoms. The first kappa shape index (κ1) is 12.2. The summed E-state index contributed by atoms with van der Waals surface area (Å²) in [6, 6.07) is 2.04. The first-order valence-electron chi connectivity index (χ1n) is 4.89. The molecule has 2 heterocycles. The second-order valence-electron chi connectivity index (χ2n) is 3.38. The average molecular weight is 362 g/mol. The van der Waals surface area contributed by atoms with E-state index >= 15 is 0 Å². The third-order valence-electron chi connectivity index (χ3n) is 2.30. The largest absolute Gasteiger partial charge is 0.232 e. The van der Waals surface area contributed by atoms with Crippen molar-refractivity contribution >= 4 is 43.2 Å². The maximum atomic E-state index is 4.54. The third kappa shape index (κ3) is 2.36. The van der Waals surface area contributed by atoms with Crippen LogP contribution in [0.25, 0.3) is 10.7 Å². The summed E-state index contributed by atoms with van der Waals surface area (Å²) in [7, 11) is 0. The summed E-state index contributed by atoms with van der Waals surface area (Å²) in [5.74, 6) is 0.789. The molecule has 84 valence electrons. The fraction of sp³-hybridized carbons (Fsp3) is 0.273. The summed E-state index contributed by atoms with van der Waals surface area (Å²) < 4.78 is 1.98. The highest BCUT2D eigenvalue weighted by Crippen LogP contribution is 2.29. The van der Waals surface area contributed by atoms with Crippen LogP contribution in [0, 0.1) is 6.92 Å². The van der Waals surface area contributed by atoms with Crippen molar-refractivity contribution in [2.75, 3.05) is 0 Å². The third-order valence-corrected chi connectivity index (χ3v) is 4.65. The minimum absolute atomic E-state index is 0.789.